The van der Waals surface area contributed by atoms with E-state index in [1.807, 2.05) is 36.2 Å². The van der Waals surface area contributed by atoms with Gasteiger partial charge in [-0.2, -0.15) is 5.26 Å². The number of piperazine rings is 1. The van der Waals surface area contributed by atoms with Crippen molar-refractivity contribution in [3.63, 3.8) is 0 Å². The normalized spacial score (nSPS) is 19.6. The van der Waals surface area contributed by atoms with Gasteiger partial charge in [0, 0.05) is 26.7 Å². The first kappa shape index (κ1) is 15.5. The van der Waals surface area contributed by atoms with Crippen molar-refractivity contribution in [3.05, 3.63) is 35.4 Å². The van der Waals surface area contributed by atoms with Gasteiger partial charge in [-0.05, 0) is 18.1 Å². The molecule has 1 aromatic rings. The maximum Gasteiger partial charge on any atom is 0.239 e. The van der Waals surface area contributed by atoms with Crippen molar-refractivity contribution in [1.82, 2.24) is 9.80 Å². The second-order valence-electron chi connectivity index (χ2n) is 5.66. The zero-order valence-electron chi connectivity index (χ0n) is 12.9. The van der Waals surface area contributed by atoms with E-state index in [1.54, 1.807) is 0 Å². The SMILES string of the molecule is CCCCC1C(=O)N(C)CCN1Cc1ccccc1C#N. The summed E-state index contributed by atoms with van der Waals surface area (Å²) in [6, 6.07) is 9.86. The number of amides is 1. The molecule has 0 aliphatic carbocycles. The smallest absolute Gasteiger partial charge is 0.239 e. The van der Waals surface area contributed by atoms with Crippen LogP contribution in [-0.2, 0) is 11.3 Å². The number of carbonyl (C=O) groups is 1. The van der Waals surface area contributed by atoms with Crippen molar-refractivity contribution < 1.29 is 4.79 Å². The number of likely N-dealkylation sites (N-methyl/N-ethyl adjacent to an activating group) is 1. The molecule has 112 valence electrons. The number of unbranched alkanes of at least 4 members (excludes halogenated alkanes) is 1. The van der Waals surface area contributed by atoms with E-state index in [0.717, 1.165) is 37.9 Å². The molecule has 2 rings (SSSR count). The molecule has 0 N–H and O–H groups in total. The molecule has 0 spiro atoms. The number of rotatable bonds is 5. The van der Waals surface area contributed by atoms with E-state index in [9.17, 15) is 10.1 Å². The van der Waals surface area contributed by atoms with Crippen molar-refractivity contribution in [3.8, 4) is 6.07 Å². The summed E-state index contributed by atoms with van der Waals surface area (Å²) < 4.78 is 0. The average Bonchev–Trinajstić information content (AvgIpc) is 2.51. The highest BCUT2D eigenvalue weighted by Crippen LogP contribution is 2.20. The molecule has 1 aromatic carbocycles. The van der Waals surface area contributed by atoms with Crippen molar-refractivity contribution in [2.24, 2.45) is 0 Å². The first-order valence-corrected chi connectivity index (χ1v) is 7.64. The minimum Gasteiger partial charge on any atom is -0.343 e. The van der Waals surface area contributed by atoms with Gasteiger partial charge in [-0.3, -0.25) is 9.69 Å². The summed E-state index contributed by atoms with van der Waals surface area (Å²) in [5.74, 6) is 0.212. The summed E-state index contributed by atoms with van der Waals surface area (Å²) in [4.78, 5) is 16.5. The van der Waals surface area contributed by atoms with E-state index < -0.39 is 0 Å². The van der Waals surface area contributed by atoms with Gasteiger partial charge in [-0.1, -0.05) is 38.0 Å². The van der Waals surface area contributed by atoms with Gasteiger partial charge >= 0.3 is 0 Å². The monoisotopic (exact) mass is 285 g/mol. The maximum atomic E-state index is 12.4. The van der Waals surface area contributed by atoms with E-state index in [-0.39, 0.29) is 11.9 Å². The molecule has 1 aliphatic heterocycles. The van der Waals surface area contributed by atoms with Crippen LogP contribution in [0.4, 0.5) is 0 Å². The van der Waals surface area contributed by atoms with E-state index in [4.69, 9.17) is 0 Å². The molecule has 1 saturated heterocycles. The topological polar surface area (TPSA) is 47.3 Å². The lowest BCUT2D eigenvalue weighted by atomic mass is 10.0. The predicted octanol–water partition coefficient (Wildman–Crippen LogP) is 2.39. The Labute approximate surface area is 127 Å². The van der Waals surface area contributed by atoms with Crippen LogP contribution in [0.3, 0.4) is 0 Å². The second kappa shape index (κ2) is 7.24. The average molecular weight is 285 g/mol. The highest BCUT2D eigenvalue weighted by molar-refractivity contribution is 5.82. The summed E-state index contributed by atoms with van der Waals surface area (Å²) in [5, 5.41) is 9.21. The lowest BCUT2D eigenvalue weighted by Crippen LogP contribution is -2.55. The first-order chi connectivity index (χ1) is 10.2. The Morgan fingerprint density at radius 1 is 1.33 bits per heavy atom. The largest absolute Gasteiger partial charge is 0.343 e. The van der Waals surface area contributed by atoms with Gasteiger partial charge in [0.25, 0.3) is 0 Å². The van der Waals surface area contributed by atoms with Crippen LogP contribution in [0.25, 0.3) is 0 Å². The van der Waals surface area contributed by atoms with Crippen molar-refractivity contribution in [2.75, 3.05) is 20.1 Å². The van der Waals surface area contributed by atoms with Crippen LogP contribution in [0.1, 0.15) is 37.3 Å². The molecule has 4 nitrogen and oxygen atoms in total. The van der Waals surface area contributed by atoms with E-state index in [0.29, 0.717) is 12.1 Å². The van der Waals surface area contributed by atoms with Gasteiger partial charge in [0.15, 0.2) is 0 Å². The third-order valence-corrected chi connectivity index (χ3v) is 4.17. The van der Waals surface area contributed by atoms with Crippen LogP contribution in [0.2, 0.25) is 0 Å². The summed E-state index contributed by atoms with van der Waals surface area (Å²) in [6.45, 7) is 4.45. The molecule has 0 radical (unpaired) electrons. The Bertz CT molecular complexity index is 535. The Kier molecular flexibility index (Phi) is 5.35. The molecule has 1 unspecified atom stereocenters. The second-order valence-corrected chi connectivity index (χ2v) is 5.66. The molecule has 1 aliphatic rings. The Balaban J connectivity index is 2.16. The Morgan fingerprint density at radius 3 is 2.81 bits per heavy atom. The zero-order chi connectivity index (χ0) is 15.2. The number of nitriles is 1. The molecular formula is C17H23N3O. The van der Waals surface area contributed by atoms with Crippen LogP contribution < -0.4 is 0 Å². The quantitative estimate of drug-likeness (QED) is 0.834. The lowest BCUT2D eigenvalue weighted by Gasteiger charge is -2.39. The van der Waals surface area contributed by atoms with Gasteiger partial charge in [0.2, 0.25) is 5.91 Å². The Morgan fingerprint density at radius 2 is 2.10 bits per heavy atom. The molecule has 1 amide bonds. The number of hydrogen-bond acceptors (Lipinski definition) is 3. The Hall–Kier alpha value is -1.86. The minimum atomic E-state index is -0.0459. The number of benzene rings is 1. The van der Waals surface area contributed by atoms with Gasteiger partial charge in [-0.25, -0.2) is 0 Å². The standard InChI is InChI=1S/C17H23N3O/c1-3-4-9-16-17(21)19(2)10-11-20(16)13-15-8-6-5-7-14(15)12-18/h5-8,16H,3-4,9-11,13H2,1-2H3. The number of hydrogen-bond donors (Lipinski definition) is 0. The zero-order valence-corrected chi connectivity index (χ0v) is 12.9. The highest BCUT2D eigenvalue weighted by Gasteiger charge is 2.32. The van der Waals surface area contributed by atoms with Crippen LogP contribution in [0, 0.1) is 11.3 Å². The molecule has 21 heavy (non-hydrogen) atoms. The number of carbonyl (C=O) groups excluding carboxylic acids is 1. The maximum absolute atomic E-state index is 12.4. The van der Waals surface area contributed by atoms with Crippen molar-refractivity contribution in [2.45, 2.75) is 38.8 Å². The van der Waals surface area contributed by atoms with Crippen molar-refractivity contribution >= 4 is 5.91 Å². The summed E-state index contributed by atoms with van der Waals surface area (Å²) in [6.07, 6.45) is 3.05. The summed E-state index contributed by atoms with van der Waals surface area (Å²) in [7, 11) is 1.88. The van der Waals surface area contributed by atoms with E-state index in [2.05, 4.69) is 17.9 Å². The van der Waals surface area contributed by atoms with Crippen molar-refractivity contribution in [1.29, 1.82) is 5.26 Å². The van der Waals surface area contributed by atoms with Crippen LogP contribution in [-0.4, -0.2) is 41.9 Å². The molecule has 0 aromatic heterocycles. The van der Waals surface area contributed by atoms with Gasteiger partial charge in [0.1, 0.15) is 0 Å². The third kappa shape index (κ3) is 3.62. The molecule has 0 saturated carbocycles. The first-order valence-electron chi connectivity index (χ1n) is 7.64. The fraction of sp³-hybridized carbons (Fsp3) is 0.529. The van der Waals surface area contributed by atoms with Crippen LogP contribution >= 0.6 is 0 Å². The fourth-order valence-corrected chi connectivity index (χ4v) is 2.83. The highest BCUT2D eigenvalue weighted by atomic mass is 16.2. The minimum absolute atomic E-state index is 0.0459. The molecule has 1 fully saturated rings. The van der Waals surface area contributed by atoms with Gasteiger partial charge in [0.05, 0.1) is 17.7 Å². The van der Waals surface area contributed by atoms with Crippen LogP contribution in [0.15, 0.2) is 24.3 Å². The van der Waals surface area contributed by atoms with Gasteiger partial charge < -0.3 is 4.90 Å². The number of nitrogens with zero attached hydrogens (tertiary/aromatic N) is 3. The molecule has 1 atom stereocenters. The predicted molar refractivity (Wildman–Crippen MR) is 82.5 cm³/mol. The van der Waals surface area contributed by atoms with Gasteiger partial charge in [-0.15, -0.1) is 0 Å². The molecule has 1 heterocycles. The third-order valence-electron chi connectivity index (χ3n) is 4.17. The fourth-order valence-electron chi connectivity index (χ4n) is 2.83. The van der Waals surface area contributed by atoms with E-state index >= 15 is 0 Å². The molecular weight excluding hydrogens is 262 g/mol. The van der Waals surface area contributed by atoms with E-state index in [1.165, 1.54) is 0 Å². The molecule has 0 bridgehead atoms. The molecule has 4 heteroatoms. The van der Waals surface area contributed by atoms with Crippen LogP contribution in [0.5, 0.6) is 0 Å². The summed E-state index contributed by atoms with van der Waals surface area (Å²) in [5.41, 5.74) is 1.72. The lowest BCUT2D eigenvalue weighted by molar-refractivity contribution is -0.140. The summed E-state index contributed by atoms with van der Waals surface area (Å²) >= 11 is 0.